The molecule has 0 aromatic heterocycles. The molecule has 0 aromatic rings. The summed E-state index contributed by atoms with van der Waals surface area (Å²) in [4.78, 5) is 0. The van der Waals surface area contributed by atoms with E-state index in [-0.39, 0.29) is 88.7 Å². The van der Waals surface area contributed by atoms with Gasteiger partial charge in [0.05, 0.1) is 0 Å². The van der Waals surface area contributed by atoms with E-state index < -0.39 is 0 Å². The predicted molar refractivity (Wildman–Crippen MR) is 32.3 cm³/mol. The Morgan fingerprint density at radius 3 is 1.00 bits per heavy atom. The molecule has 0 aliphatic heterocycles. The van der Waals surface area contributed by atoms with Gasteiger partial charge in [-0.2, -0.15) is 9.90 Å². The van der Waals surface area contributed by atoms with Crippen LogP contribution in [0.2, 0.25) is 0 Å². The minimum Gasteiger partial charge on any atom is -0.153 e. The zero-order chi connectivity index (χ0) is 0. The molecule has 0 aromatic carbocycles. The zero-order valence-corrected chi connectivity index (χ0v) is 9.23. The molecule has 1 unspecified atom stereocenters. The Labute approximate surface area is 87.0 Å². The van der Waals surface area contributed by atoms with Crippen molar-refractivity contribution in [2.75, 3.05) is 0 Å². The fourth-order valence-electron chi connectivity index (χ4n) is 0. The van der Waals surface area contributed by atoms with E-state index in [4.69, 9.17) is 0 Å². The van der Waals surface area contributed by atoms with Crippen LogP contribution in [0.4, 0.5) is 0 Å². The quantitative estimate of drug-likeness (QED) is 0.333. The molecule has 4 heavy (non-hydrogen) atoms. The van der Waals surface area contributed by atoms with Crippen LogP contribution in [0.3, 0.4) is 0 Å². The first kappa shape index (κ1) is 28.3. The van der Waals surface area contributed by atoms with E-state index >= 15 is 0 Å². The van der Waals surface area contributed by atoms with Gasteiger partial charge < -0.3 is 0 Å². The van der Waals surface area contributed by atoms with Crippen LogP contribution in [0.25, 0.3) is 0 Å². The third-order valence-electron chi connectivity index (χ3n) is 0. The van der Waals surface area contributed by atoms with Crippen molar-refractivity contribution in [3.05, 3.63) is 0 Å². The van der Waals surface area contributed by atoms with Crippen LogP contribution in [-0.2, 0) is 17.1 Å². The Bertz CT molecular complexity index is 8.00. The van der Waals surface area contributed by atoms with Crippen LogP contribution in [-0.4, -0.2) is 37.7 Å². The van der Waals surface area contributed by atoms with Crippen molar-refractivity contribution in [2.45, 2.75) is 0 Å². The van der Waals surface area contributed by atoms with Crippen molar-refractivity contribution in [1.82, 2.24) is 0 Å². The molecule has 4 heteroatoms. The van der Waals surface area contributed by atoms with E-state index in [0.717, 1.165) is 0 Å². The second kappa shape index (κ2) is 16.8. The van der Waals surface area contributed by atoms with Crippen molar-refractivity contribution < 1.29 is 17.1 Å². The normalized spacial score (nSPS) is 0. The summed E-state index contributed by atoms with van der Waals surface area (Å²) in [5, 5.41) is 0. The smallest absolute Gasteiger partial charge is 0 e. The second-order valence-electron chi connectivity index (χ2n) is 0. The summed E-state index contributed by atoms with van der Waals surface area (Å²) in [5.41, 5.74) is 0. The molecule has 2 radical (unpaired) electrons. The van der Waals surface area contributed by atoms with Crippen LogP contribution in [0, 0.1) is 0 Å². The van der Waals surface area contributed by atoms with E-state index in [2.05, 4.69) is 0 Å². The van der Waals surface area contributed by atoms with Gasteiger partial charge >= 0.3 is 0 Å². The molecule has 0 N–H and O–H groups in total. The van der Waals surface area contributed by atoms with Gasteiger partial charge in [0, 0.05) is 54.8 Å². The maximum atomic E-state index is 0. The topological polar surface area (TPSA) is 0 Å². The van der Waals surface area contributed by atoms with Crippen LogP contribution in [0.1, 0.15) is 0 Å². The van der Waals surface area contributed by atoms with Gasteiger partial charge in [-0.25, -0.2) is 0 Å². The first-order chi connectivity index (χ1) is 0. The van der Waals surface area contributed by atoms with Gasteiger partial charge in [-0.15, -0.1) is 24.0 Å². The Morgan fingerprint density at radius 2 is 1.00 bits per heavy atom. The zero-order valence-electron chi connectivity index (χ0n) is 2.18. The third kappa shape index (κ3) is 8.87. The molecule has 0 fully saturated rings. The number of rotatable bonds is 0. The Kier molecular flexibility index (Phi) is 119. The van der Waals surface area contributed by atoms with Crippen molar-refractivity contribution in [3.63, 3.8) is 0 Å². The molecule has 26 valence electrons. The van der Waals surface area contributed by atoms with Gasteiger partial charge in [0.1, 0.15) is 0 Å². The van der Waals surface area contributed by atoms with E-state index in [1.54, 1.807) is 0 Å². The maximum Gasteiger partial charge on any atom is 0 e. The molecule has 0 aliphatic rings. The van der Waals surface area contributed by atoms with Gasteiger partial charge in [0.15, 0.2) is 0 Å². The van der Waals surface area contributed by atoms with Crippen LogP contribution in [0.15, 0.2) is 0 Å². The molecule has 0 nitrogen and oxygen atoms in total. The molecule has 0 bridgehead atoms. The van der Waals surface area contributed by atoms with Crippen molar-refractivity contribution >= 4 is 71.6 Å². The summed E-state index contributed by atoms with van der Waals surface area (Å²) in [6.45, 7) is 0. The molecular weight excluding hydrogens is 254 g/mol. The molecule has 0 heterocycles. The SMILES string of the molecule is I.P.[Ca].[Fe]. The number of hydrogen-bond acceptors (Lipinski definition) is 0. The molecule has 0 saturated carbocycles. The summed E-state index contributed by atoms with van der Waals surface area (Å²) in [6.07, 6.45) is 0. The molecular formula is H4CaFeIP. The van der Waals surface area contributed by atoms with E-state index in [1.165, 1.54) is 0 Å². The predicted octanol–water partition coefficient (Wildman–Crippen LogP) is 0.293. The van der Waals surface area contributed by atoms with Crippen LogP contribution < -0.4 is 0 Å². The molecule has 0 rings (SSSR count). The molecule has 0 spiro atoms. The molecule has 0 saturated heterocycles. The van der Waals surface area contributed by atoms with Crippen molar-refractivity contribution in [1.29, 1.82) is 0 Å². The first-order valence-electron chi connectivity index (χ1n) is 0. The molecule has 0 amide bonds. The first-order valence-corrected chi connectivity index (χ1v) is 0. The van der Waals surface area contributed by atoms with Gasteiger partial charge in [-0.1, -0.05) is 0 Å². The summed E-state index contributed by atoms with van der Waals surface area (Å²) in [5.74, 6) is 0. The van der Waals surface area contributed by atoms with Crippen LogP contribution >= 0.6 is 33.9 Å². The molecule has 1 atom stereocenters. The largest absolute Gasteiger partial charge is 0.153 e. The summed E-state index contributed by atoms with van der Waals surface area (Å²) < 4.78 is 0. The van der Waals surface area contributed by atoms with E-state index in [9.17, 15) is 0 Å². The van der Waals surface area contributed by atoms with Gasteiger partial charge in [0.2, 0.25) is 0 Å². The Morgan fingerprint density at radius 1 is 1.00 bits per heavy atom. The van der Waals surface area contributed by atoms with Crippen molar-refractivity contribution in [3.8, 4) is 0 Å². The van der Waals surface area contributed by atoms with Gasteiger partial charge in [0.25, 0.3) is 0 Å². The Hall–Kier alpha value is 2.94. The summed E-state index contributed by atoms with van der Waals surface area (Å²) in [6, 6.07) is 0. The third-order valence-corrected chi connectivity index (χ3v) is 0. The summed E-state index contributed by atoms with van der Waals surface area (Å²) >= 11 is 0. The van der Waals surface area contributed by atoms with E-state index in [1.807, 2.05) is 0 Å². The van der Waals surface area contributed by atoms with Crippen LogP contribution in [0.5, 0.6) is 0 Å². The summed E-state index contributed by atoms with van der Waals surface area (Å²) in [7, 11) is 0. The molecule has 0 aliphatic carbocycles. The minimum absolute atomic E-state index is 0. The van der Waals surface area contributed by atoms with Gasteiger partial charge in [-0.05, 0) is 0 Å². The maximum absolute atomic E-state index is 0. The Balaban J connectivity index is 0. The fourth-order valence-corrected chi connectivity index (χ4v) is 0. The van der Waals surface area contributed by atoms with Gasteiger partial charge in [-0.3, -0.25) is 0 Å². The average molecular weight is 258 g/mol. The average Bonchev–Trinajstić information content (AvgIpc) is 0. The standard InChI is InChI=1S/Ca.Fe.HI.H3P/h;;1H;1H3. The monoisotopic (exact) mass is 258 g/mol. The number of hydrogen-bond donors (Lipinski definition) is 0. The fraction of sp³-hybridized carbons (Fsp3) is 0. The van der Waals surface area contributed by atoms with Crippen molar-refractivity contribution in [2.24, 2.45) is 0 Å². The minimum atomic E-state index is 0. The van der Waals surface area contributed by atoms with E-state index in [0.29, 0.717) is 0 Å². The number of halogens is 1. The second-order valence-corrected chi connectivity index (χ2v) is 0.